The van der Waals surface area contributed by atoms with Crippen LogP contribution in [0.5, 0.6) is 0 Å². The second kappa shape index (κ2) is 6.72. The van der Waals surface area contributed by atoms with Crippen LogP contribution in [0.2, 0.25) is 5.02 Å². The first kappa shape index (κ1) is 14.1. The zero-order valence-corrected chi connectivity index (χ0v) is 11.5. The van der Waals surface area contributed by atoms with Gasteiger partial charge in [-0.3, -0.25) is 5.32 Å². The normalized spacial score (nSPS) is 9.90. The highest BCUT2D eigenvalue weighted by molar-refractivity contribution is 6.30. The standard InChI is InChI=1S/C13H13ClN4O2/c1-2-20-13(19)16-12-7-6-11(17-18-12)15-10-5-3-4-9(14)8-10/h3-8H,2H2,1H3,(H,15,17)(H,16,18,19). The van der Waals surface area contributed by atoms with Crippen LogP contribution in [-0.2, 0) is 4.74 Å². The van der Waals surface area contributed by atoms with Gasteiger partial charge >= 0.3 is 6.09 Å². The van der Waals surface area contributed by atoms with Gasteiger partial charge in [0.15, 0.2) is 11.6 Å². The van der Waals surface area contributed by atoms with Crippen molar-refractivity contribution in [1.82, 2.24) is 10.2 Å². The molecule has 2 N–H and O–H groups in total. The molecule has 1 aromatic heterocycles. The fraction of sp³-hybridized carbons (Fsp3) is 0.154. The van der Waals surface area contributed by atoms with Crippen LogP contribution >= 0.6 is 11.6 Å². The van der Waals surface area contributed by atoms with Gasteiger partial charge in [0.1, 0.15) is 0 Å². The van der Waals surface area contributed by atoms with E-state index < -0.39 is 6.09 Å². The Kier molecular flexibility index (Phi) is 4.73. The molecule has 1 heterocycles. The third-order valence-electron chi connectivity index (χ3n) is 2.27. The second-order valence-corrected chi connectivity index (χ2v) is 4.22. The molecule has 0 spiro atoms. The molecular formula is C13H13ClN4O2. The molecule has 1 amide bonds. The number of rotatable bonds is 4. The summed E-state index contributed by atoms with van der Waals surface area (Å²) >= 11 is 5.89. The molecule has 0 aliphatic heterocycles. The Hall–Kier alpha value is -2.34. The molecule has 0 aliphatic carbocycles. The van der Waals surface area contributed by atoms with Gasteiger partial charge in [0.2, 0.25) is 0 Å². The number of nitrogens with zero attached hydrogens (tertiary/aromatic N) is 2. The molecule has 0 radical (unpaired) electrons. The van der Waals surface area contributed by atoms with E-state index in [0.717, 1.165) is 5.69 Å². The minimum atomic E-state index is -0.558. The van der Waals surface area contributed by atoms with E-state index in [-0.39, 0.29) is 0 Å². The summed E-state index contributed by atoms with van der Waals surface area (Å²) in [5.74, 6) is 0.863. The second-order valence-electron chi connectivity index (χ2n) is 3.78. The Morgan fingerprint density at radius 3 is 2.65 bits per heavy atom. The Morgan fingerprint density at radius 1 is 1.25 bits per heavy atom. The molecule has 0 saturated heterocycles. The Bertz CT molecular complexity index is 589. The smallest absolute Gasteiger partial charge is 0.412 e. The van der Waals surface area contributed by atoms with Crippen molar-refractivity contribution in [3.05, 3.63) is 41.4 Å². The number of hydrogen-bond acceptors (Lipinski definition) is 5. The van der Waals surface area contributed by atoms with E-state index in [1.807, 2.05) is 12.1 Å². The van der Waals surface area contributed by atoms with Crippen molar-refractivity contribution < 1.29 is 9.53 Å². The van der Waals surface area contributed by atoms with Crippen molar-refractivity contribution in [1.29, 1.82) is 0 Å². The summed E-state index contributed by atoms with van der Waals surface area (Å²) in [5.41, 5.74) is 0.804. The Labute approximate surface area is 121 Å². The fourth-order valence-corrected chi connectivity index (χ4v) is 1.64. The van der Waals surface area contributed by atoms with Crippen molar-refractivity contribution in [3.63, 3.8) is 0 Å². The molecule has 2 aromatic rings. The van der Waals surface area contributed by atoms with E-state index in [2.05, 4.69) is 20.8 Å². The topological polar surface area (TPSA) is 76.1 Å². The number of anilines is 3. The molecule has 2 rings (SSSR count). The van der Waals surface area contributed by atoms with Crippen LogP contribution in [-0.4, -0.2) is 22.9 Å². The minimum Gasteiger partial charge on any atom is -0.450 e. The van der Waals surface area contributed by atoms with Crippen LogP contribution in [0.25, 0.3) is 0 Å². The molecule has 0 saturated carbocycles. The van der Waals surface area contributed by atoms with Gasteiger partial charge in [0.25, 0.3) is 0 Å². The van der Waals surface area contributed by atoms with Gasteiger partial charge in [-0.05, 0) is 37.3 Å². The monoisotopic (exact) mass is 292 g/mol. The maximum absolute atomic E-state index is 11.2. The molecule has 7 heteroatoms. The van der Waals surface area contributed by atoms with Crippen molar-refractivity contribution in [2.24, 2.45) is 0 Å². The van der Waals surface area contributed by atoms with Gasteiger partial charge < -0.3 is 10.1 Å². The molecule has 20 heavy (non-hydrogen) atoms. The van der Waals surface area contributed by atoms with Crippen LogP contribution in [0.15, 0.2) is 36.4 Å². The number of carbonyl (C=O) groups excluding carboxylic acids is 1. The average molecular weight is 293 g/mol. The Morgan fingerprint density at radius 2 is 2.00 bits per heavy atom. The van der Waals surface area contributed by atoms with Gasteiger partial charge in [0, 0.05) is 10.7 Å². The predicted octanol–water partition coefficient (Wildman–Crippen LogP) is 3.44. The van der Waals surface area contributed by atoms with Gasteiger partial charge in [-0.1, -0.05) is 17.7 Å². The van der Waals surface area contributed by atoms with Crippen LogP contribution in [0.1, 0.15) is 6.92 Å². The molecule has 0 fully saturated rings. The third-order valence-corrected chi connectivity index (χ3v) is 2.50. The third kappa shape index (κ3) is 4.10. The van der Waals surface area contributed by atoms with Crippen LogP contribution in [0.3, 0.4) is 0 Å². The summed E-state index contributed by atoms with van der Waals surface area (Å²) in [6, 6.07) is 10.6. The number of nitrogens with one attached hydrogen (secondary N) is 2. The summed E-state index contributed by atoms with van der Waals surface area (Å²) < 4.78 is 4.74. The van der Waals surface area contributed by atoms with E-state index in [4.69, 9.17) is 16.3 Å². The quantitative estimate of drug-likeness (QED) is 0.902. The predicted molar refractivity (Wildman–Crippen MR) is 77.4 cm³/mol. The van der Waals surface area contributed by atoms with Gasteiger partial charge in [0.05, 0.1) is 6.61 Å². The summed E-state index contributed by atoms with van der Waals surface area (Å²) in [6.45, 7) is 2.02. The highest BCUT2D eigenvalue weighted by Gasteiger charge is 2.04. The lowest BCUT2D eigenvalue weighted by molar-refractivity contribution is 0.168. The molecule has 104 valence electrons. The van der Waals surface area contributed by atoms with Crippen molar-refractivity contribution in [3.8, 4) is 0 Å². The van der Waals surface area contributed by atoms with E-state index in [1.165, 1.54) is 0 Å². The van der Waals surface area contributed by atoms with Crippen LogP contribution in [0.4, 0.5) is 22.1 Å². The largest absolute Gasteiger partial charge is 0.450 e. The minimum absolute atomic E-state index is 0.299. The number of amides is 1. The number of hydrogen-bond donors (Lipinski definition) is 2. The molecular weight excluding hydrogens is 280 g/mol. The summed E-state index contributed by atoms with van der Waals surface area (Å²) in [5, 5.41) is 13.9. The van der Waals surface area contributed by atoms with Crippen LogP contribution in [0, 0.1) is 0 Å². The molecule has 1 aromatic carbocycles. The highest BCUT2D eigenvalue weighted by Crippen LogP contribution is 2.18. The number of carbonyl (C=O) groups is 1. The van der Waals surface area contributed by atoms with E-state index in [1.54, 1.807) is 31.2 Å². The molecule has 0 bridgehead atoms. The molecule has 0 atom stereocenters. The first-order chi connectivity index (χ1) is 9.67. The highest BCUT2D eigenvalue weighted by atomic mass is 35.5. The van der Waals surface area contributed by atoms with E-state index in [9.17, 15) is 4.79 Å². The average Bonchev–Trinajstić information content (AvgIpc) is 2.41. The number of aromatic nitrogens is 2. The number of benzene rings is 1. The lowest BCUT2D eigenvalue weighted by Crippen LogP contribution is -2.14. The maximum atomic E-state index is 11.2. The summed E-state index contributed by atoms with van der Waals surface area (Å²) in [6.07, 6.45) is -0.558. The number of ether oxygens (including phenoxy) is 1. The van der Waals surface area contributed by atoms with Crippen molar-refractivity contribution >= 4 is 35.0 Å². The molecule has 6 nitrogen and oxygen atoms in total. The summed E-state index contributed by atoms with van der Waals surface area (Å²) in [7, 11) is 0. The lowest BCUT2D eigenvalue weighted by Gasteiger charge is -2.06. The van der Waals surface area contributed by atoms with E-state index in [0.29, 0.717) is 23.3 Å². The zero-order valence-electron chi connectivity index (χ0n) is 10.8. The van der Waals surface area contributed by atoms with Crippen molar-refractivity contribution in [2.45, 2.75) is 6.92 Å². The SMILES string of the molecule is CCOC(=O)Nc1ccc(Nc2cccc(Cl)c2)nn1. The summed E-state index contributed by atoms with van der Waals surface area (Å²) in [4.78, 5) is 11.2. The van der Waals surface area contributed by atoms with Gasteiger partial charge in [-0.2, -0.15) is 0 Å². The van der Waals surface area contributed by atoms with E-state index >= 15 is 0 Å². The van der Waals surface area contributed by atoms with Gasteiger partial charge in [-0.15, -0.1) is 10.2 Å². The first-order valence-electron chi connectivity index (χ1n) is 5.97. The van der Waals surface area contributed by atoms with Crippen LogP contribution < -0.4 is 10.6 Å². The first-order valence-corrected chi connectivity index (χ1v) is 6.35. The molecule has 0 unspecified atom stereocenters. The van der Waals surface area contributed by atoms with Gasteiger partial charge in [-0.25, -0.2) is 4.79 Å². The zero-order chi connectivity index (χ0) is 14.4. The maximum Gasteiger partial charge on any atom is 0.412 e. The Balaban J connectivity index is 1.99. The lowest BCUT2D eigenvalue weighted by atomic mass is 10.3. The van der Waals surface area contributed by atoms with Crippen molar-refractivity contribution in [2.75, 3.05) is 17.2 Å². The number of halogens is 1. The molecule has 0 aliphatic rings. The fourth-order valence-electron chi connectivity index (χ4n) is 1.45.